The monoisotopic (exact) mass is 242 g/mol. The van der Waals surface area contributed by atoms with Gasteiger partial charge in [0.2, 0.25) is 0 Å². The van der Waals surface area contributed by atoms with E-state index >= 15 is 0 Å². The smallest absolute Gasteiger partial charge is 0.0216 e. The highest BCUT2D eigenvalue weighted by molar-refractivity contribution is 5.85. The zero-order valence-corrected chi connectivity index (χ0v) is 11.2. The van der Waals surface area contributed by atoms with Crippen LogP contribution in [0.3, 0.4) is 0 Å². The van der Waals surface area contributed by atoms with Gasteiger partial charge in [0.25, 0.3) is 0 Å². The summed E-state index contributed by atoms with van der Waals surface area (Å²) in [4.78, 5) is 0. The van der Waals surface area contributed by atoms with E-state index in [0.717, 1.165) is 19.5 Å². The molecule has 96 valence electrons. The van der Waals surface area contributed by atoms with Crippen molar-refractivity contribution >= 4 is 10.8 Å². The maximum absolute atomic E-state index is 5.63. The van der Waals surface area contributed by atoms with Crippen molar-refractivity contribution in [3.63, 3.8) is 0 Å². The largest absolute Gasteiger partial charge is 0.330 e. The second kappa shape index (κ2) is 5.51. The van der Waals surface area contributed by atoms with Crippen LogP contribution < -0.4 is 11.1 Å². The minimum Gasteiger partial charge on any atom is -0.330 e. The van der Waals surface area contributed by atoms with E-state index in [0.29, 0.717) is 0 Å². The zero-order chi connectivity index (χ0) is 13.0. The summed E-state index contributed by atoms with van der Waals surface area (Å²) in [6.07, 6.45) is 0.984. The molecule has 2 nitrogen and oxygen atoms in total. The standard InChI is InChI=1S/C16H22N2/c1-16(2,10-11-17)18-12-14-8-5-7-13-6-3-4-9-15(13)14/h3-9,18H,10-12,17H2,1-2H3. The Balaban J connectivity index is 2.17. The van der Waals surface area contributed by atoms with Crippen molar-refractivity contribution in [2.24, 2.45) is 5.73 Å². The lowest BCUT2D eigenvalue weighted by atomic mass is 9.99. The van der Waals surface area contributed by atoms with Crippen molar-refractivity contribution in [2.75, 3.05) is 6.54 Å². The summed E-state index contributed by atoms with van der Waals surface area (Å²) in [6, 6.07) is 15.0. The molecule has 0 bridgehead atoms. The van der Waals surface area contributed by atoms with Crippen LogP contribution >= 0.6 is 0 Å². The van der Waals surface area contributed by atoms with Gasteiger partial charge < -0.3 is 11.1 Å². The molecular weight excluding hydrogens is 220 g/mol. The Bertz CT molecular complexity index is 512. The quantitative estimate of drug-likeness (QED) is 0.845. The summed E-state index contributed by atoms with van der Waals surface area (Å²) < 4.78 is 0. The number of hydrogen-bond acceptors (Lipinski definition) is 2. The normalized spacial score (nSPS) is 11.9. The number of hydrogen-bond donors (Lipinski definition) is 2. The predicted octanol–water partition coefficient (Wildman–Crippen LogP) is 3.06. The third kappa shape index (κ3) is 3.09. The van der Waals surface area contributed by atoms with Crippen molar-refractivity contribution in [2.45, 2.75) is 32.4 Å². The molecule has 0 aromatic heterocycles. The summed E-state index contributed by atoms with van der Waals surface area (Å²) in [5, 5.41) is 6.22. The lowest BCUT2D eigenvalue weighted by Crippen LogP contribution is -2.40. The van der Waals surface area contributed by atoms with Gasteiger partial charge in [0.1, 0.15) is 0 Å². The summed E-state index contributed by atoms with van der Waals surface area (Å²) in [5.74, 6) is 0. The van der Waals surface area contributed by atoms with Gasteiger partial charge in [0.05, 0.1) is 0 Å². The Morgan fingerprint density at radius 1 is 1.06 bits per heavy atom. The average Bonchev–Trinajstić information content (AvgIpc) is 2.36. The first-order valence-corrected chi connectivity index (χ1v) is 6.54. The molecule has 0 amide bonds. The Hall–Kier alpha value is -1.38. The fraction of sp³-hybridized carbons (Fsp3) is 0.375. The number of benzene rings is 2. The van der Waals surface area contributed by atoms with Gasteiger partial charge in [-0.15, -0.1) is 0 Å². The number of fused-ring (bicyclic) bond motifs is 1. The van der Waals surface area contributed by atoms with E-state index in [4.69, 9.17) is 5.73 Å². The lowest BCUT2D eigenvalue weighted by Gasteiger charge is -2.26. The van der Waals surface area contributed by atoms with Gasteiger partial charge in [0.15, 0.2) is 0 Å². The molecule has 0 spiro atoms. The van der Waals surface area contributed by atoms with E-state index in [9.17, 15) is 0 Å². The van der Waals surface area contributed by atoms with Crippen molar-refractivity contribution in [1.29, 1.82) is 0 Å². The molecule has 0 aliphatic carbocycles. The predicted molar refractivity (Wildman–Crippen MR) is 78.5 cm³/mol. The van der Waals surface area contributed by atoms with Crippen molar-refractivity contribution in [3.8, 4) is 0 Å². The first-order valence-electron chi connectivity index (χ1n) is 6.54. The molecule has 0 saturated heterocycles. The molecule has 0 unspecified atom stereocenters. The van der Waals surface area contributed by atoms with Crippen LogP contribution in [-0.2, 0) is 6.54 Å². The van der Waals surface area contributed by atoms with E-state index in [1.165, 1.54) is 16.3 Å². The van der Waals surface area contributed by atoms with Gasteiger partial charge in [-0.05, 0) is 43.1 Å². The van der Waals surface area contributed by atoms with Crippen LogP contribution in [0.25, 0.3) is 10.8 Å². The molecule has 0 atom stereocenters. The number of rotatable bonds is 5. The fourth-order valence-corrected chi connectivity index (χ4v) is 2.23. The van der Waals surface area contributed by atoms with Crippen LogP contribution in [0.1, 0.15) is 25.8 Å². The van der Waals surface area contributed by atoms with Gasteiger partial charge in [0, 0.05) is 12.1 Å². The molecule has 0 aliphatic rings. The number of nitrogens with two attached hydrogens (primary N) is 1. The molecule has 0 radical (unpaired) electrons. The summed E-state index contributed by atoms with van der Waals surface area (Å²) >= 11 is 0. The molecule has 2 aromatic carbocycles. The molecule has 2 aromatic rings. The van der Waals surface area contributed by atoms with Gasteiger partial charge in [-0.1, -0.05) is 42.5 Å². The zero-order valence-electron chi connectivity index (χ0n) is 11.2. The van der Waals surface area contributed by atoms with E-state index in [1.807, 2.05) is 0 Å². The maximum atomic E-state index is 5.63. The number of nitrogens with one attached hydrogen (secondary N) is 1. The second-order valence-electron chi connectivity index (χ2n) is 5.41. The van der Waals surface area contributed by atoms with E-state index < -0.39 is 0 Å². The van der Waals surface area contributed by atoms with Crippen LogP contribution in [0.15, 0.2) is 42.5 Å². The van der Waals surface area contributed by atoms with Crippen LogP contribution in [0.5, 0.6) is 0 Å². The Morgan fingerprint density at radius 2 is 1.78 bits per heavy atom. The minimum atomic E-state index is 0.0890. The first kappa shape index (κ1) is 13.1. The van der Waals surface area contributed by atoms with Crippen molar-refractivity contribution in [1.82, 2.24) is 5.32 Å². The highest BCUT2D eigenvalue weighted by Gasteiger charge is 2.15. The SMILES string of the molecule is CC(C)(CCN)NCc1cccc2ccccc12. The molecule has 2 heteroatoms. The van der Waals surface area contributed by atoms with Crippen LogP contribution in [0.2, 0.25) is 0 Å². The summed E-state index contributed by atoms with van der Waals surface area (Å²) in [6.45, 7) is 6.00. The molecule has 18 heavy (non-hydrogen) atoms. The highest BCUT2D eigenvalue weighted by atomic mass is 15.0. The van der Waals surface area contributed by atoms with Gasteiger partial charge in [-0.25, -0.2) is 0 Å². The minimum absolute atomic E-state index is 0.0890. The summed E-state index contributed by atoms with van der Waals surface area (Å²) in [5.41, 5.74) is 7.07. The second-order valence-corrected chi connectivity index (χ2v) is 5.41. The van der Waals surface area contributed by atoms with Crippen LogP contribution in [0.4, 0.5) is 0 Å². The lowest BCUT2D eigenvalue weighted by molar-refractivity contribution is 0.366. The van der Waals surface area contributed by atoms with Gasteiger partial charge >= 0.3 is 0 Å². The molecule has 3 N–H and O–H groups in total. The third-order valence-corrected chi connectivity index (χ3v) is 3.41. The maximum Gasteiger partial charge on any atom is 0.0216 e. The molecule has 2 rings (SSSR count). The molecular formula is C16H22N2. The van der Waals surface area contributed by atoms with Crippen LogP contribution in [0, 0.1) is 0 Å². The topological polar surface area (TPSA) is 38.0 Å². The van der Waals surface area contributed by atoms with Gasteiger partial charge in [-0.3, -0.25) is 0 Å². The van der Waals surface area contributed by atoms with Crippen LogP contribution in [-0.4, -0.2) is 12.1 Å². The van der Waals surface area contributed by atoms with E-state index in [2.05, 4.69) is 61.6 Å². The van der Waals surface area contributed by atoms with Crippen molar-refractivity contribution in [3.05, 3.63) is 48.0 Å². The molecule has 0 heterocycles. The Labute approximate surface area is 109 Å². The molecule has 0 aliphatic heterocycles. The van der Waals surface area contributed by atoms with E-state index in [-0.39, 0.29) is 5.54 Å². The fourth-order valence-electron chi connectivity index (χ4n) is 2.23. The Kier molecular flexibility index (Phi) is 4.00. The highest BCUT2D eigenvalue weighted by Crippen LogP contribution is 2.19. The Morgan fingerprint density at radius 3 is 2.56 bits per heavy atom. The molecule has 0 saturated carbocycles. The first-order chi connectivity index (χ1) is 8.62. The third-order valence-electron chi connectivity index (χ3n) is 3.41. The van der Waals surface area contributed by atoms with Crippen molar-refractivity contribution < 1.29 is 0 Å². The van der Waals surface area contributed by atoms with Gasteiger partial charge in [-0.2, -0.15) is 0 Å². The molecule has 0 fully saturated rings. The van der Waals surface area contributed by atoms with E-state index in [1.54, 1.807) is 0 Å². The average molecular weight is 242 g/mol. The summed E-state index contributed by atoms with van der Waals surface area (Å²) in [7, 11) is 0.